The van der Waals surface area contributed by atoms with Crippen molar-refractivity contribution in [2.75, 3.05) is 31.4 Å². The van der Waals surface area contributed by atoms with Crippen molar-refractivity contribution in [3.8, 4) is 11.5 Å². The zero-order valence-electron chi connectivity index (χ0n) is 15.9. The van der Waals surface area contributed by atoms with Crippen LogP contribution >= 0.6 is 0 Å². The first-order valence-corrected chi connectivity index (χ1v) is 8.97. The minimum absolute atomic E-state index is 0.233. The fourth-order valence-corrected chi connectivity index (χ4v) is 2.78. The first kappa shape index (κ1) is 19.2. The predicted octanol–water partition coefficient (Wildman–Crippen LogP) is 4.01. The number of benzene rings is 2. The lowest BCUT2D eigenvalue weighted by molar-refractivity contribution is 0.102. The fourth-order valence-electron chi connectivity index (χ4n) is 2.78. The largest absolute Gasteiger partial charge is 0.497 e. The van der Waals surface area contributed by atoms with Crippen molar-refractivity contribution in [1.29, 1.82) is 0 Å². The number of nitrogens with one attached hydrogen (secondary N) is 2. The van der Waals surface area contributed by atoms with Crippen molar-refractivity contribution in [1.82, 2.24) is 4.98 Å². The third kappa shape index (κ3) is 5.01. The Hall–Kier alpha value is -3.54. The molecule has 1 aromatic heterocycles. The molecule has 0 fully saturated rings. The number of hydrogen-bond acceptors (Lipinski definition) is 5. The number of amides is 1. The molecule has 6 nitrogen and oxygen atoms in total. The molecule has 1 heterocycles. The highest BCUT2D eigenvalue weighted by molar-refractivity contribution is 6.04. The van der Waals surface area contributed by atoms with Crippen molar-refractivity contribution in [3.63, 3.8) is 0 Å². The molecule has 0 bridgehead atoms. The van der Waals surface area contributed by atoms with Gasteiger partial charge in [0.05, 0.1) is 26.1 Å². The summed E-state index contributed by atoms with van der Waals surface area (Å²) < 4.78 is 10.5. The number of ether oxygens (including phenoxy) is 2. The number of nitrogens with zero attached hydrogens (tertiary/aromatic N) is 1. The van der Waals surface area contributed by atoms with E-state index in [0.29, 0.717) is 17.1 Å². The molecule has 3 rings (SSSR count). The minimum Gasteiger partial charge on any atom is -0.497 e. The molecule has 0 aliphatic rings. The molecule has 0 spiro atoms. The number of anilines is 2. The molecule has 3 aromatic rings. The van der Waals surface area contributed by atoms with Gasteiger partial charge in [0.2, 0.25) is 0 Å². The van der Waals surface area contributed by atoms with Gasteiger partial charge >= 0.3 is 0 Å². The van der Waals surface area contributed by atoms with Crippen LogP contribution in [0, 0.1) is 0 Å². The van der Waals surface area contributed by atoms with E-state index in [-0.39, 0.29) is 5.91 Å². The smallest absolute Gasteiger partial charge is 0.256 e. The topological polar surface area (TPSA) is 72.5 Å². The van der Waals surface area contributed by atoms with Crippen LogP contribution in [0.1, 0.15) is 15.9 Å². The molecule has 0 radical (unpaired) electrons. The summed E-state index contributed by atoms with van der Waals surface area (Å²) in [7, 11) is 3.24. The quantitative estimate of drug-likeness (QED) is 0.621. The van der Waals surface area contributed by atoms with Crippen LogP contribution in [0.3, 0.4) is 0 Å². The summed E-state index contributed by atoms with van der Waals surface area (Å²) in [5, 5.41) is 6.11. The molecule has 28 heavy (non-hydrogen) atoms. The highest BCUT2D eigenvalue weighted by Gasteiger charge is 2.08. The van der Waals surface area contributed by atoms with Gasteiger partial charge in [-0.2, -0.15) is 0 Å². The number of hydrogen-bond donors (Lipinski definition) is 2. The van der Waals surface area contributed by atoms with Crippen molar-refractivity contribution >= 4 is 17.4 Å². The van der Waals surface area contributed by atoms with Gasteiger partial charge in [0.1, 0.15) is 17.3 Å². The van der Waals surface area contributed by atoms with Crippen molar-refractivity contribution in [2.45, 2.75) is 6.42 Å². The number of carbonyl (C=O) groups excluding carboxylic acids is 1. The predicted molar refractivity (Wildman–Crippen MR) is 110 cm³/mol. The van der Waals surface area contributed by atoms with Gasteiger partial charge in [-0.3, -0.25) is 4.79 Å². The van der Waals surface area contributed by atoms with Crippen molar-refractivity contribution in [2.24, 2.45) is 0 Å². The summed E-state index contributed by atoms with van der Waals surface area (Å²) in [6, 6.07) is 18.6. The Kier molecular flexibility index (Phi) is 6.46. The van der Waals surface area contributed by atoms with Gasteiger partial charge in [-0.15, -0.1) is 0 Å². The van der Waals surface area contributed by atoms with Gasteiger partial charge in [0, 0.05) is 12.1 Å². The lowest BCUT2D eigenvalue weighted by Crippen LogP contribution is -2.13. The van der Waals surface area contributed by atoms with Crippen LogP contribution in [0.15, 0.2) is 66.9 Å². The van der Waals surface area contributed by atoms with Gasteiger partial charge in [0.15, 0.2) is 0 Å². The molecule has 0 unspecified atom stereocenters. The molecule has 0 aliphatic heterocycles. The lowest BCUT2D eigenvalue weighted by Gasteiger charge is -2.10. The molecule has 0 aliphatic carbocycles. The maximum Gasteiger partial charge on any atom is 0.256 e. The molecule has 2 aromatic carbocycles. The average molecular weight is 377 g/mol. The van der Waals surface area contributed by atoms with Crippen LogP contribution in [-0.2, 0) is 6.42 Å². The number of aromatic nitrogens is 1. The average Bonchev–Trinajstić information content (AvgIpc) is 2.75. The van der Waals surface area contributed by atoms with E-state index in [4.69, 9.17) is 9.47 Å². The van der Waals surface area contributed by atoms with E-state index >= 15 is 0 Å². The molecule has 2 N–H and O–H groups in total. The van der Waals surface area contributed by atoms with Gasteiger partial charge in [-0.1, -0.05) is 24.3 Å². The lowest BCUT2D eigenvalue weighted by atomic mass is 10.1. The monoisotopic (exact) mass is 377 g/mol. The molecular formula is C22H23N3O3. The fraction of sp³-hybridized carbons (Fsp3) is 0.182. The Balaban J connectivity index is 1.54. The highest BCUT2D eigenvalue weighted by Crippen LogP contribution is 2.18. The highest BCUT2D eigenvalue weighted by atomic mass is 16.5. The zero-order valence-corrected chi connectivity index (χ0v) is 15.9. The van der Waals surface area contributed by atoms with E-state index in [1.54, 1.807) is 50.7 Å². The summed E-state index contributed by atoms with van der Waals surface area (Å²) in [6.07, 6.45) is 2.53. The van der Waals surface area contributed by atoms with Gasteiger partial charge in [-0.05, 0) is 48.4 Å². The SMILES string of the molecule is COc1cccc(C(=O)Nc2ccc(NCCc3ccccc3OC)cn2)c1. The van der Waals surface area contributed by atoms with Gasteiger partial charge in [-0.25, -0.2) is 4.98 Å². The maximum atomic E-state index is 12.3. The molecule has 0 atom stereocenters. The van der Waals surface area contributed by atoms with Gasteiger partial charge < -0.3 is 20.1 Å². The summed E-state index contributed by atoms with van der Waals surface area (Å²) in [5.41, 5.74) is 2.54. The third-order valence-electron chi connectivity index (χ3n) is 4.25. The zero-order chi connectivity index (χ0) is 19.8. The summed E-state index contributed by atoms with van der Waals surface area (Å²) in [4.78, 5) is 16.6. The molecule has 6 heteroatoms. The Morgan fingerprint density at radius 2 is 1.86 bits per heavy atom. The van der Waals surface area contributed by atoms with Crippen LogP contribution in [0.4, 0.5) is 11.5 Å². The molecule has 144 valence electrons. The number of methoxy groups -OCH3 is 2. The van der Waals surface area contributed by atoms with Crippen LogP contribution in [0.25, 0.3) is 0 Å². The number of pyridine rings is 1. The van der Waals surface area contributed by atoms with Crippen LogP contribution in [0.2, 0.25) is 0 Å². The van der Waals surface area contributed by atoms with Crippen molar-refractivity contribution < 1.29 is 14.3 Å². The van der Waals surface area contributed by atoms with Crippen LogP contribution < -0.4 is 20.1 Å². The third-order valence-corrected chi connectivity index (χ3v) is 4.25. The molecule has 0 saturated heterocycles. The van der Waals surface area contributed by atoms with Crippen LogP contribution in [-0.4, -0.2) is 31.7 Å². The van der Waals surface area contributed by atoms with E-state index < -0.39 is 0 Å². The van der Waals surface area contributed by atoms with E-state index in [9.17, 15) is 4.79 Å². The molecule has 1 amide bonds. The Morgan fingerprint density at radius 1 is 1.00 bits per heavy atom. The van der Waals surface area contributed by atoms with Gasteiger partial charge in [0.25, 0.3) is 5.91 Å². The first-order chi connectivity index (χ1) is 13.7. The van der Waals surface area contributed by atoms with E-state index in [2.05, 4.69) is 21.7 Å². The Labute approximate surface area is 164 Å². The van der Waals surface area contributed by atoms with E-state index in [0.717, 1.165) is 30.0 Å². The number of carbonyl (C=O) groups is 1. The summed E-state index contributed by atoms with van der Waals surface area (Å²) >= 11 is 0. The van der Waals surface area contributed by atoms with E-state index in [1.807, 2.05) is 24.3 Å². The van der Waals surface area contributed by atoms with Crippen molar-refractivity contribution in [3.05, 3.63) is 78.0 Å². The Bertz CT molecular complexity index is 926. The molecule has 0 saturated carbocycles. The minimum atomic E-state index is -0.233. The number of para-hydroxylation sites is 1. The normalized spacial score (nSPS) is 10.2. The second-order valence-electron chi connectivity index (χ2n) is 6.11. The summed E-state index contributed by atoms with van der Waals surface area (Å²) in [5.74, 6) is 1.78. The standard InChI is InChI=1S/C22H23N3O3/c1-27-19-8-5-7-17(14-19)22(26)25-21-11-10-18(15-24-21)23-13-12-16-6-3-4-9-20(16)28-2/h3-11,14-15,23H,12-13H2,1-2H3,(H,24,25,26). The van der Waals surface area contributed by atoms with E-state index in [1.165, 1.54) is 0 Å². The molecular weight excluding hydrogens is 354 g/mol. The second kappa shape index (κ2) is 9.41. The summed E-state index contributed by atoms with van der Waals surface area (Å²) in [6.45, 7) is 0.748. The second-order valence-corrected chi connectivity index (χ2v) is 6.11. The Morgan fingerprint density at radius 3 is 2.61 bits per heavy atom. The van der Waals surface area contributed by atoms with Crippen LogP contribution in [0.5, 0.6) is 11.5 Å². The maximum absolute atomic E-state index is 12.3. The number of rotatable bonds is 8. The first-order valence-electron chi connectivity index (χ1n) is 8.97.